The molecule has 1 aliphatic heterocycles. The third-order valence-electron chi connectivity index (χ3n) is 4.70. The van der Waals surface area contributed by atoms with Gasteiger partial charge in [0.15, 0.2) is 17.0 Å². The fourth-order valence-corrected chi connectivity index (χ4v) is 3.30. The van der Waals surface area contributed by atoms with Crippen LogP contribution in [0.5, 0.6) is 5.75 Å². The van der Waals surface area contributed by atoms with E-state index in [9.17, 15) is 0 Å². The van der Waals surface area contributed by atoms with E-state index in [1.54, 1.807) is 13.4 Å². The molecule has 3 heterocycles. The van der Waals surface area contributed by atoms with Crippen LogP contribution in [-0.2, 0) is 4.74 Å². The molecule has 0 aliphatic carbocycles. The Hall–Kier alpha value is -2.71. The largest absolute Gasteiger partial charge is 0.491 e. The van der Waals surface area contributed by atoms with Gasteiger partial charge in [-0.05, 0) is 43.7 Å². The number of aromatic nitrogens is 4. The molecular formula is C19H24N6O2. The smallest absolute Gasteiger partial charge is 0.165 e. The normalized spacial score (nSPS) is 17.1. The lowest BCUT2D eigenvalue weighted by Gasteiger charge is -2.24. The molecule has 1 atom stereocenters. The van der Waals surface area contributed by atoms with Gasteiger partial charge in [-0.1, -0.05) is 0 Å². The predicted molar refractivity (Wildman–Crippen MR) is 104 cm³/mol. The van der Waals surface area contributed by atoms with Crippen molar-refractivity contribution in [3.8, 4) is 5.75 Å². The van der Waals surface area contributed by atoms with Crippen LogP contribution >= 0.6 is 0 Å². The number of hydrogen-bond acceptors (Lipinski definition) is 7. The number of imidazole rings is 1. The van der Waals surface area contributed by atoms with Gasteiger partial charge < -0.3 is 24.7 Å². The van der Waals surface area contributed by atoms with E-state index in [4.69, 9.17) is 9.47 Å². The molecule has 0 amide bonds. The highest BCUT2D eigenvalue weighted by Gasteiger charge is 2.19. The number of methoxy groups -OCH3 is 1. The van der Waals surface area contributed by atoms with Gasteiger partial charge >= 0.3 is 0 Å². The summed E-state index contributed by atoms with van der Waals surface area (Å²) in [5.41, 5.74) is 2.56. The lowest BCUT2D eigenvalue weighted by atomic mass is 10.1. The average Bonchev–Trinajstić information content (AvgIpc) is 3.15. The van der Waals surface area contributed by atoms with E-state index in [-0.39, 0.29) is 0 Å². The SMILES string of the molecule is COCCOc1ccc(Nc2ncnc3c2ncn3[C@@H]2CCCNC2)cc1. The van der Waals surface area contributed by atoms with Crippen LogP contribution in [0, 0.1) is 0 Å². The lowest BCUT2D eigenvalue weighted by molar-refractivity contribution is 0.146. The molecule has 1 aromatic carbocycles. The molecule has 0 bridgehead atoms. The summed E-state index contributed by atoms with van der Waals surface area (Å²) in [6, 6.07) is 8.14. The molecule has 0 unspecified atom stereocenters. The first kappa shape index (κ1) is 17.7. The lowest BCUT2D eigenvalue weighted by Crippen LogP contribution is -2.31. The molecule has 142 valence electrons. The number of nitrogens with zero attached hydrogens (tertiary/aromatic N) is 4. The predicted octanol–water partition coefficient (Wildman–Crippen LogP) is 2.52. The molecule has 1 fully saturated rings. The summed E-state index contributed by atoms with van der Waals surface area (Å²) in [6.07, 6.45) is 5.76. The monoisotopic (exact) mass is 368 g/mol. The topological polar surface area (TPSA) is 86.1 Å². The highest BCUT2D eigenvalue weighted by molar-refractivity contribution is 5.85. The molecule has 8 heteroatoms. The van der Waals surface area contributed by atoms with Crippen LogP contribution in [0.1, 0.15) is 18.9 Å². The Bertz CT molecular complexity index is 874. The number of hydrogen-bond donors (Lipinski definition) is 2. The van der Waals surface area contributed by atoms with E-state index < -0.39 is 0 Å². The van der Waals surface area contributed by atoms with E-state index in [1.807, 2.05) is 30.6 Å². The maximum Gasteiger partial charge on any atom is 0.165 e. The summed E-state index contributed by atoms with van der Waals surface area (Å²) in [6.45, 7) is 3.13. The van der Waals surface area contributed by atoms with Crippen molar-refractivity contribution in [2.24, 2.45) is 0 Å². The Morgan fingerprint density at radius 1 is 1.19 bits per heavy atom. The number of anilines is 2. The van der Waals surface area contributed by atoms with Crippen molar-refractivity contribution in [3.05, 3.63) is 36.9 Å². The summed E-state index contributed by atoms with van der Waals surface area (Å²) < 4.78 is 12.7. The fraction of sp³-hybridized carbons (Fsp3) is 0.421. The Morgan fingerprint density at radius 2 is 2.07 bits per heavy atom. The summed E-state index contributed by atoms with van der Waals surface area (Å²) in [4.78, 5) is 13.4. The number of piperidine rings is 1. The Labute approximate surface area is 157 Å². The molecule has 0 saturated carbocycles. The van der Waals surface area contributed by atoms with Gasteiger partial charge in [0.2, 0.25) is 0 Å². The second-order valence-corrected chi connectivity index (χ2v) is 6.54. The minimum absolute atomic E-state index is 0.384. The molecule has 2 N–H and O–H groups in total. The molecule has 2 aromatic heterocycles. The first-order valence-corrected chi connectivity index (χ1v) is 9.22. The highest BCUT2D eigenvalue weighted by atomic mass is 16.5. The highest BCUT2D eigenvalue weighted by Crippen LogP contribution is 2.26. The molecule has 4 rings (SSSR count). The summed E-state index contributed by atoms with van der Waals surface area (Å²) in [5.74, 6) is 1.51. The van der Waals surface area contributed by atoms with Crippen LogP contribution in [0.25, 0.3) is 11.2 Å². The van der Waals surface area contributed by atoms with Crippen molar-refractivity contribution in [1.29, 1.82) is 0 Å². The van der Waals surface area contributed by atoms with Crippen molar-refractivity contribution in [2.45, 2.75) is 18.9 Å². The van der Waals surface area contributed by atoms with Gasteiger partial charge in [0.1, 0.15) is 18.7 Å². The van der Waals surface area contributed by atoms with Crippen molar-refractivity contribution in [1.82, 2.24) is 24.8 Å². The quantitative estimate of drug-likeness (QED) is 0.620. The van der Waals surface area contributed by atoms with Crippen LogP contribution in [0.15, 0.2) is 36.9 Å². The minimum atomic E-state index is 0.384. The van der Waals surface area contributed by atoms with Crippen LogP contribution < -0.4 is 15.4 Å². The first-order valence-electron chi connectivity index (χ1n) is 9.22. The maximum atomic E-state index is 5.59. The van der Waals surface area contributed by atoms with Crippen LogP contribution in [-0.4, -0.2) is 52.9 Å². The third-order valence-corrected chi connectivity index (χ3v) is 4.70. The molecule has 8 nitrogen and oxygen atoms in total. The summed E-state index contributed by atoms with van der Waals surface area (Å²) in [5, 5.41) is 6.77. The molecule has 27 heavy (non-hydrogen) atoms. The van der Waals surface area contributed by atoms with Crippen LogP contribution in [0.2, 0.25) is 0 Å². The molecule has 1 saturated heterocycles. The molecule has 0 spiro atoms. The summed E-state index contributed by atoms with van der Waals surface area (Å²) >= 11 is 0. The zero-order chi connectivity index (χ0) is 18.5. The average molecular weight is 368 g/mol. The molecule has 3 aromatic rings. The van der Waals surface area contributed by atoms with Crippen LogP contribution in [0.3, 0.4) is 0 Å². The van der Waals surface area contributed by atoms with Crippen molar-refractivity contribution >= 4 is 22.7 Å². The van der Waals surface area contributed by atoms with E-state index in [0.29, 0.717) is 25.1 Å². The van der Waals surface area contributed by atoms with Gasteiger partial charge in [-0.3, -0.25) is 0 Å². The molecule has 1 aliphatic rings. The minimum Gasteiger partial charge on any atom is -0.491 e. The van der Waals surface area contributed by atoms with Gasteiger partial charge in [0.05, 0.1) is 12.9 Å². The van der Waals surface area contributed by atoms with E-state index in [2.05, 4.69) is 30.2 Å². The fourth-order valence-electron chi connectivity index (χ4n) is 3.30. The maximum absolute atomic E-state index is 5.59. The zero-order valence-electron chi connectivity index (χ0n) is 15.4. The third kappa shape index (κ3) is 4.01. The standard InChI is InChI=1S/C19H24N6O2/c1-26-9-10-27-16-6-4-14(5-7-16)24-18-17-19(22-12-21-18)25(13-23-17)15-3-2-8-20-11-15/h4-7,12-13,15,20H,2-3,8-11H2,1H3,(H,21,22,24)/t15-/m1/s1. The molecular weight excluding hydrogens is 344 g/mol. The van der Waals surface area contributed by atoms with Crippen LogP contribution in [0.4, 0.5) is 11.5 Å². The Balaban J connectivity index is 1.51. The second kappa shape index (κ2) is 8.32. The van der Waals surface area contributed by atoms with Crippen molar-refractivity contribution in [3.63, 3.8) is 0 Å². The number of fused-ring (bicyclic) bond motifs is 1. The van der Waals surface area contributed by atoms with Crippen molar-refractivity contribution in [2.75, 3.05) is 38.7 Å². The Kier molecular flexibility index (Phi) is 5.45. The number of ether oxygens (including phenoxy) is 2. The van der Waals surface area contributed by atoms with Gasteiger partial charge in [-0.25, -0.2) is 15.0 Å². The van der Waals surface area contributed by atoms with E-state index >= 15 is 0 Å². The first-order chi connectivity index (χ1) is 13.3. The zero-order valence-corrected chi connectivity index (χ0v) is 15.4. The number of nitrogens with one attached hydrogen (secondary N) is 2. The van der Waals surface area contributed by atoms with E-state index in [0.717, 1.165) is 42.1 Å². The number of benzene rings is 1. The van der Waals surface area contributed by atoms with Gasteiger partial charge in [0.25, 0.3) is 0 Å². The molecule has 0 radical (unpaired) electrons. The van der Waals surface area contributed by atoms with E-state index in [1.165, 1.54) is 6.42 Å². The summed E-state index contributed by atoms with van der Waals surface area (Å²) in [7, 11) is 1.66. The Morgan fingerprint density at radius 3 is 2.85 bits per heavy atom. The van der Waals surface area contributed by atoms with Gasteiger partial charge in [-0.15, -0.1) is 0 Å². The number of rotatable bonds is 7. The second-order valence-electron chi connectivity index (χ2n) is 6.54. The van der Waals surface area contributed by atoms with Gasteiger partial charge in [0, 0.05) is 25.4 Å². The van der Waals surface area contributed by atoms with Gasteiger partial charge in [-0.2, -0.15) is 0 Å². The van der Waals surface area contributed by atoms with Crippen molar-refractivity contribution < 1.29 is 9.47 Å².